The quantitative estimate of drug-likeness (QED) is 0.683. The Labute approximate surface area is 65.6 Å². The van der Waals surface area contributed by atoms with Crippen LogP contribution in [0.15, 0.2) is 12.8 Å². The van der Waals surface area contributed by atoms with Crippen molar-refractivity contribution >= 4 is 40.0 Å². The van der Waals surface area contributed by atoms with E-state index >= 15 is 0 Å². The third kappa shape index (κ3) is 1.29. The summed E-state index contributed by atoms with van der Waals surface area (Å²) in [6, 6.07) is 0. The van der Waals surface area contributed by atoms with Gasteiger partial charge in [-0.25, -0.2) is 4.98 Å². The van der Waals surface area contributed by atoms with E-state index in [0.717, 1.165) is 5.01 Å². The minimum atomic E-state index is 0.995. The molecule has 0 aliphatic heterocycles. The number of thiazole rings is 1. The van der Waals surface area contributed by atoms with Crippen LogP contribution >= 0.6 is 33.9 Å². The number of halogens is 1. The Hall–Kier alpha value is 0.1000. The van der Waals surface area contributed by atoms with Crippen LogP contribution in [0.25, 0.3) is 6.08 Å². The van der Waals surface area contributed by atoms with E-state index in [1.807, 2.05) is 6.20 Å². The Bertz CT molecular complexity index is 194. The first-order valence-corrected chi connectivity index (χ1v) is 3.96. The van der Waals surface area contributed by atoms with Gasteiger partial charge in [-0.3, -0.25) is 0 Å². The Balaban J connectivity index is 3.00. The maximum Gasteiger partial charge on any atom is 0.116 e. The lowest BCUT2D eigenvalue weighted by atomic mass is 10.7. The molecule has 0 spiro atoms. The van der Waals surface area contributed by atoms with E-state index in [4.69, 9.17) is 0 Å². The molecule has 0 bridgehead atoms. The van der Waals surface area contributed by atoms with Gasteiger partial charge in [-0.2, -0.15) is 0 Å². The molecular formula is C5H4INS. The topological polar surface area (TPSA) is 12.9 Å². The van der Waals surface area contributed by atoms with E-state index in [1.165, 1.54) is 2.88 Å². The second-order valence-corrected chi connectivity index (χ2v) is 4.16. The first-order chi connectivity index (χ1) is 3.83. The van der Waals surface area contributed by atoms with Gasteiger partial charge >= 0.3 is 0 Å². The van der Waals surface area contributed by atoms with E-state index < -0.39 is 0 Å². The zero-order valence-electron chi connectivity index (χ0n) is 4.10. The molecule has 0 aliphatic rings. The Kier molecular flexibility index (Phi) is 2.01. The van der Waals surface area contributed by atoms with E-state index in [0.29, 0.717) is 0 Å². The van der Waals surface area contributed by atoms with Gasteiger partial charge in [0.15, 0.2) is 0 Å². The summed E-state index contributed by atoms with van der Waals surface area (Å²) >= 11 is 3.88. The van der Waals surface area contributed by atoms with Crippen molar-refractivity contribution in [2.75, 3.05) is 0 Å². The molecule has 1 nitrogen and oxygen atoms in total. The number of aromatic nitrogens is 1. The smallest absolute Gasteiger partial charge is 0.116 e. The molecule has 0 fully saturated rings. The first-order valence-electron chi connectivity index (χ1n) is 2.06. The second-order valence-electron chi connectivity index (χ2n) is 1.21. The Morgan fingerprint density at radius 3 is 2.88 bits per heavy atom. The van der Waals surface area contributed by atoms with Gasteiger partial charge in [0.05, 0.1) is 9.08 Å². The molecule has 42 valence electrons. The maximum atomic E-state index is 4.03. The molecule has 1 heterocycles. The average molecular weight is 237 g/mol. The molecule has 0 unspecified atom stereocenters. The summed E-state index contributed by atoms with van der Waals surface area (Å²) in [5.74, 6) is 0. The highest BCUT2D eigenvalue weighted by molar-refractivity contribution is 14.1. The molecule has 0 atom stereocenters. The van der Waals surface area contributed by atoms with Crippen molar-refractivity contribution < 1.29 is 0 Å². The van der Waals surface area contributed by atoms with Gasteiger partial charge in [0.2, 0.25) is 0 Å². The van der Waals surface area contributed by atoms with Crippen molar-refractivity contribution in [3.05, 3.63) is 20.7 Å². The van der Waals surface area contributed by atoms with Crippen LogP contribution in [-0.4, -0.2) is 4.98 Å². The minimum Gasteiger partial charge on any atom is -0.244 e. The fourth-order valence-corrected chi connectivity index (χ4v) is 1.67. The molecule has 1 aromatic heterocycles. The lowest BCUT2D eigenvalue weighted by Gasteiger charge is -1.71. The highest BCUT2D eigenvalue weighted by Gasteiger charge is 1.90. The Morgan fingerprint density at radius 2 is 2.62 bits per heavy atom. The standard InChI is InChI=1S/C5H4INS/c1-2-5-7-3-4(6)8-5/h2-3H,1H2. The molecule has 0 saturated heterocycles. The molecule has 0 N–H and O–H groups in total. The normalized spacial score (nSPS) is 9.12. The van der Waals surface area contributed by atoms with Crippen LogP contribution in [-0.2, 0) is 0 Å². The molecule has 8 heavy (non-hydrogen) atoms. The number of hydrogen-bond acceptors (Lipinski definition) is 2. The van der Waals surface area contributed by atoms with Crippen molar-refractivity contribution in [1.82, 2.24) is 4.98 Å². The van der Waals surface area contributed by atoms with E-state index in [2.05, 4.69) is 34.2 Å². The molecule has 1 aromatic rings. The molecule has 0 aromatic carbocycles. The number of nitrogens with zero attached hydrogens (tertiary/aromatic N) is 1. The van der Waals surface area contributed by atoms with Gasteiger partial charge < -0.3 is 0 Å². The summed E-state index contributed by atoms with van der Waals surface area (Å²) in [6.45, 7) is 3.59. The van der Waals surface area contributed by atoms with Crippen molar-refractivity contribution in [2.45, 2.75) is 0 Å². The predicted octanol–water partition coefficient (Wildman–Crippen LogP) is 2.39. The van der Waals surface area contributed by atoms with E-state index in [9.17, 15) is 0 Å². The van der Waals surface area contributed by atoms with Crippen LogP contribution in [0.5, 0.6) is 0 Å². The van der Waals surface area contributed by atoms with Crippen LogP contribution in [0.3, 0.4) is 0 Å². The highest BCUT2D eigenvalue weighted by Crippen LogP contribution is 2.14. The van der Waals surface area contributed by atoms with Crippen LogP contribution in [0.2, 0.25) is 0 Å². The summed E-state index contributed by atoms with van der Waals surface area (Å²) in [4.78, 5) is 4.03. The van der Waals surface area contributed by atoms with Gasteiger partial charge in [0, 0.05) is 0 Å². The van der Waals surface area contributed by atoms with Crippen molar-refractivity contribution in [1.29, 1.82) is 0 Å². The zero-order chi connectivity index (χ0) is 5.98. The molecule has 0 saturated carbocycles. The van der Waals surface area contributed by atoms with Crippen molar-refractivity contribution in [2.24, 2.45) is 0 Å². The van der Waals surface area contributed by atoms with E-state index in [1.54, 1.807) is 17.4 Å². The van der Waals surface area contributed by atoms with Crippen LogP contribution in [0.1, 0.15) is 5.01 Å². The van der Waals surface area contributed by atoms with Gasteiger partial charge in [-0.15, -0.1) is 11.3 Å². The summed E-state index contributed by atoms with van der Waals surface area (Å²) < 4.78 is 1.21. The monoisotopic (exact) mass is 237 g/mol. The minimum absolute atomic E-state index is 0.995. The van der Waals surface area contributed by atoms with Gasteiger partial charge in [-0.1, -0.05) is 6.58 Å². The molecule has 3 heteroatoms. The lowest BCUT2D eigenvalue weighted by molar-refractivity contribution is 1.39. The third-order valence-electron chi connectivity index (χ3n) is 0.670. The average Bonchev–Trinajstić information content (AvgIpc) is 2.14. The SMILES string of the molecule is C=Cc1ncc(I)s1. The largest absolute Gasteiger partial charge is 0.244 e. The third-order valence-corrected chi connectivity index (χ3v) is 2.39. The summed E-state index contributed by atoms with van der Waals surface area (Å²) in [7, 11) is 0. The summed E-state index contributed by atoms with van der Waals surface area (Å²) in [5, 5.41) is 0.995. The zero-order valence-corrected chi connectivity index (χ0v) is 7.07. The van der Waals surface area contributed by atoms with Crippen molar-refractivity contribution in [3.63, 3.8) is 0 Å². The predicted molar refractivity (Wildman–Crippen MR) is 44.9 cm³/mol. The Morgan fingerprint density at radius 1 is 1.88 bits per heavy atom. The van der Waals surface area contributed by atoms with E-state index in [-0.39, 0.29) is 0 Å². The second kappa shape index (κ2) is 2.59. The molecular weight excluding hydrogens is 233 g/mol. The van der Waals surface area contributed by atoms with Crippen LogP contribution in [0, 0.1) is 2.88 Å². The summed E-state index contributed by atoms with van der Waals surface area (Å²) in [5.41, 5.74) is 0. The molecule has 0 aliphatic carbocycles. The molecule has 0 radical (unpaired) electrons. The summed E-state index contributed by atoms with van der Waals surface area (Å²) in [6.07, 6.45) is 3.59. The van der Waals surface area contributed by atoms with Gasteiger partial charge in [0.25, 0.3) is 0 Å². The number of rotatable bonds is 1. The van der Waals surface area contributed by atoms with Gasteiger partial charge in [0.1, 0.15) is 5.01 Å². The number of hydrogen-bond donors (Lipinski definition) is 0. The maximum absolute atomic E-state index is 4.03. The first kappa shape index (κ1) is 6.22. The molecule has 0 amide bonds. The molecule has 1 rings (SSSR count). The van der Waals surface area contributed by atoms with Crippen LogP contribution in [0.4, 0.5) is 0 Å². The highest BCUT2D eigenvalue weighted by atomic mass is 127. The van der Waals surface area contributed by atoms with Crippen LogP contribution < -0.4 is 0 Å². The fraction of sp³-hybridized carbons (Fsp3) is 0. The van der Waals surface area contributed by atoms with Gasteiger partial charge in [-0.05, 0) is 28.7 Å². The van der Waals surface area contributed by atoms with Crippen molar-refractivity contribution in [3.8, 4) is 0 Å². The fourth-order valence-electron chi connectivity index (χ4n) is 0.361. The lowest BCUT2D eigenvalue weighted by Crippen LogP contribution is -1.58.